The van der Waals surface area contributed by atoms with Gasteiger partial charge in [-0.3, -0.25) is 9.69 Å². The van der Waals surface area contributed by atoms with Crippen LogP contribution in [0, 0.1) is 0 Å². The van der Waals surface area contributed by atoms with Crippen LogP contribution in [0.4, 0.5) is 0 Å². The van der Waals surface area contributed by atoms with Gasteiger partial charge < -0.3 is 14.8 Å². The van der Waals surface area contributed by atoms with Gasteiger partial charge in [-0.1, -0.05) is 23.7 Å². The van der Waals surface area contributed by atoms with Crippen LogP contribution in [0.15, 0.2) is 48.5 Å². The number of halogens is 1. The molecule has 0 unspecified atom stereocenters. The maximum atomic E-state index is 12.2. The third-order valence-electron chi connectivity index (χ3n) is 4.76. The summed E-state index contributed by atoms with van der Waals surface area (Å²) < 4.78 is 10.8. The number of benzene rings is 2. The Labute approximate surface area is 165 Å². The Morgan fingerprint density at radius 3 is 2.33 bits per heavy atom. The lowest BCUT2D eigenvalue weighted by molar-refractivity contribution is -0.123. The maximum absolute atomic E-state index is 12.2. The number of hydrogen-bond donors (Lipinski definition) is 1. The summed E-state index contributed by atoms with van der Waals surface area (Å²) in [4.78, 5) is 14.7. The van der Waals surface area contributed by atoms with Gasteiger partial charge in [-0.05, 0) is 67.9 Å². The molecule has 144 valence electrons. The average molecular weight is 389 g/mol. The summed E-state index contributed by atoms with van der Waals surface area (Å²) in [5.41, 5.74) is 1.18. The Hall–Kier alpha value is -2.24. The summed E-state index contributed by atoms with van der Waals surface area (Å²) in [6.45, 7) is 2.63. The second-order valence-corrected chi connectivity index (χ2v) is 7.02. The highest BCUT2D eigenvalue weighted by molar-refractivity contribution is 6.30. The molecule has 1 aliphatic rings. The first-order valence-corrected chi connectivity index (χ1v) is 9.56. The molecule has 1 fully saturated rings. The molecule has 0 aliphatic carbocycles. The highest BCUT2D eigenvalue weighted by atomic mass is 35.5. The van der Waals surface area contributed by atoms with E-state index in [4.69, 9.17) is 21.1 Å². The molecule has 0 radical (unpaired) electrons. The van der Waals surface area contributed by atoms with E-state index in [0.29, 0.717) is 17.3 Å². The van der Waals surface area contributed by atoms with Crippen molar-refractivity contribution in [1.82, 2.24) is 10.2 Å². The number of likely N-dealkylation sites (tertiary alicyclic amines) is 1. The smallest absolute Gasteiger partial charge is 0.258 e. The summed E-state index contributed by atoms with van der Waals surface area (Å²) in [5, 5.41) is 3.64. The molecule has 5 nitrogen and oxygen atoms in total. The Bertz CT molecular complexity index is 728. The summed E-state index contributed by atoms with van der Waals surface area (Å²) in [6, 6.07) is 15.2. The molecular formula is C21H25ClN2O3. The van der Waals surface area contributed by atoms with Crippen LogP contribution in [0.25, 0.3) is 0 Å². The summed E-state index contributed by atoms with van der Waals surface area (Å²) in [7, 11) is 1.66. The van der Waals surface area contributed by atoms with E-state index >= 15 is 0 Å². The number of carbonyl (C=O) groups is 1. The van der Waals surface area contributed by atoms with Crippen molar-refractivity contribution in [2.45, 2.75) is 18.9 Å². The monoisotopic (exact) mass is 388 g/mol. The van der Waals surface area contributed by atoms with E-state index in [1.807, 2.05) is 12.1 Å². The van der Waals surface area contributed by atoms with Crippen LogP contribution in [0.5, 0.6) is 11.5 Å². The molecule has 2 aromatic rings. The molecule has 2 aromatic carbocycles. The molecule has 3 rings (SSSR count). The minimum absolute atomic E-state index is 0.0169. The average Bonchev–Trinajstić information content (AvgIpc) is 3.23. The van der Waals surface area contributed by atoms with E-state index in [9.17, 15) is 4.79 Å². The molecule has 0 aromatic heterocycles. The molecule has 6 heteroatoms. The van der Waals surface area contributed by atoms with Gasteiger partial charge in [-0.15, -0.1) is 0 Å². The first-order chi connectivity index (χ1) is 13.2. The first kappa shape index (κ1) is 19.5. The number of nitrogens with one attached hydrogen (secondary N) is 1. The zero-order valence-corrected chi connectivity index (χ0v) is 16.2. The second-order valence-electron chi connectivity index (χ2n) is 6.58. The van der Waals surface area contributed by atoms with Gasteiger partial charge in [0.15, 0.2) is 6.61 Å². The van der Waals surface area contributed by atoms with Crippen LogP contribution in [-0.2, 0) is 4.79 Å². The number of rotatable bonds is 8. The predicted octanol–water partition coefficient (Wildman–Crippen LogP) is 3.68. The molecule has 1 atom stereocenters. The van der Waals surface area contributed by atoms with Crippen molar-refractivity contribution >= 4 is 17.5 Å². The Kier molecular flexibility index (Phi) is 6.96. The number of methoxy groups -OCH3 is 1. The number of carbonyl (C=O) groups excluding carboxylic acids is 1. The minimum atomic E-state index is -0.136. The fourth-order valence-electron chi connectivity index (χ4n) is 3.28. The maximum Gasteiger partial charge on any atom is 0.258 e. The minimum Gasteiger partial charge on any atom is -0.497 e. The normalized spacial score (nSPS) is 15.3. The summed E-state index contributed by atoms with van der Waals surface area (Å²) in [5.74, 6) is 1.32. The molecule has 1 aliphatic heterocycles. The molecule has 1 amide bonds. The molecule has 27 heavy (non-hydrogen) atoms. The Morgan fingerprint density at radius 1 is 1.07 bits per heavy atom. The first-order valence-electron chi connectivity index (χ1n) is 9.19. The largest absolute Gasteiger partial charge is 0.497 e. The van der Waals surface area contributed by atoms with Gasteiger partial charge in [0.05, 0.1) is 13.2 Å². The van der Waals surface area contributed by atoms with Gasteiger partial charge in [-0.25, -0.2) is 0 Å². The van der Waals surface area contributed by atoms with Gasteiger partial charge in [0, 0.05) is 11.6 Å². The topological polar surface area (TPSA) is 50.8 Å². The quantitative estimate of drug-likeness (QED) is 0.749. The zero-order chi connectivity index (χ0) is 19.1. The predicted molar refractivity (Wildman–Crippen MR) is 106 cm³/mol. The molecule has 0 bridgehead atoms. The third kappa shape index (κ3) is 5.62. The molecular weight excluding hydrogens is 364 g/mol. The number of hydrogen-bond acceptors (Lipinski definition) is 4. The summed E-state index contributed by atoms with van der Waals surface area (Å²) in [6.07, 6.45) is 2.39. The molecule has 1 N–H and O–H groups in total. The van der Waals surface area contributed by atoms with Crippen LogP contribution < -0.4 is 14.8 Å². The lowest BCUT2D eigenvalue weighted by atomic mass is 10.1. The van der Waals surface area contributed by atoms with Crippen LogP contribution in [0.1, 0.15) is 24.4 Å². The second kappa shape index (κ2) is 9.62. The molecule has 1 heterocycles. The van der Waals surface area contributed by atoms with Crippen molar-refractivity contribution in [1.29, 1.82) is 0 Å². The molecule has 0 saturated carbocycles. The zero-order valence-electron chi connectivity index (χ0n) is 15.5. The number of ether oxygens (including phenoxy) is 2. The van der Waals surface area contributed by atoms with E-state index < -0.39 is 0 Å². The summed E-state index contributed by atoms with van der Waals surface area (Å²) >= 11 is 5.85. The van der Waals surface area contributed by atoms with Gasteiger partial charge in [0.2, 0.25) is 0 Å². The Morgan fingerprint density at radius 2 is 1.70 bits per heavy atom. The van der Waals surface area contributed by atoms with Crippen LogP contribution in [0.2, 0.25) is 5.02 Å². The fraction of sp³-hybridized carbons (Fsp3) is 0.381. The van der Waals surface area contributed by atoms with E-state index in [1.54, 1.807) is 31.4 Å². The van der Waals surface area contributed by atoms with Crippen molar-refractivity contribution in [2.24, 2.45) is 0 Å². The number of nitrogens with zero attached hydrogens (tertiary/aromatic N) is 1. The van der Waals surface area contributed by atoms with Crippen molar-refractivity contribution in [3.05, 3.63) is 59.1 Å². The van der Waals surface area contributed by atoms with Crippen LogP contribution >= 0.6 is 11.6 Å². The van der Waals surface area contributed by atoms with Crippen LogP contribution in [0.3, 0.4) is 0 Å². The van der Waals surface area contributed by atoms with Crippen molar-refractivity contribution in [3.63, 3.8) is 0 Å². The Balaban J connectivity index is 1.56. The van der Waals surface area contributed by atoms with E-state index in [1.165, 1.54) is 18.4 Å². The number of amides is 1. The van der Waals surface area contributed by atoms with E-state index in [0.717, 1.165) is 18.8 Å². The van der Waals surface area contributed by atoms with E-state index in [-0.39, 0.29) is 18.6 Å². The van der Waals surface area contributed by atoms with Gasteiger partial charge in [0.25, 0.3) is 5.91 Å². The third-order valence-corrected chi connectivity index (χ3v) is 5.01. The fourth-order valence-corrected chi connectivity index (χ4v) is 3.40. The van der Waals surface area contributed by atoms with Gasteiger partial charge in [0.1, 0.15) is 11.5 Å². The lowest BCUT2D eigenvalue weighted by Gasteiger charge is -2.28. The van der Waals surface area contributed by atoms with Gasteiger partial charge in [-0.2, -0.15) is 0 Å². The van der Waals surface area contributed by atoms with E-state index in [2.05, 4.69) is 22.3 Å². The highest BCUT2D eigenvalue weighted by Crippen LogP contribution is 2.26. The highest BCUT2D eigenvalue weighted by Gasteiger charge is 2.24. The van der Waals surface area contributed by atoms with Crippen molar-refractivity contribution < 1.29 is 14.3 Å². The van der Waals surface area contributed by atoms with Crippen molar-refractivity contribution in [3.8, 4) is 11.5 Å². The van der Waals surface area contributed by atoms with Crippen LogP contribution in [-0.4, -0.2) is 44.2 Å². The lowest BCUT2D eigenvalue weighted by Crippen LogP contribution is -2.38. The van der Waals surface area contributed by atoms with Crippen molar-refractivity contribution in [2.75, 3.05) is 33.4 Å². The van der Waals surface area contributed by atoms with Gasteiger partial charge >= 0.3 is 0 Å². The molecule has 1 saturated heterocycles. The standard InChI is InChI=1S/C21H25ClN2O3/c1-26-18-8-4-16(5-9-18)20(24-12-2-3-13-24)14-23-21(25)15-27-19-10-6-17(22)7-11-19/h4-11,20H,2-3,12-15H2,1H3,(H,23,25)/t20-/m0/s1. The SMILES string of the molecule is COc1ccc([C@H](CNC(=O)COc2ccc(Cl)cc2)N2CCCC2)cc1. The molecule has 0 spiro atoms.